The Kier molecular flexibility index (Phi) is 8.78. The molecule has 6 nitrogen and oxygen atoms in total. The summed E-state index contributed by atoms with van der Waals surface area (Å²) in [5.74, 6) is -0.356. The SMILES string of the molecule is CCCCOc1ccc2ccccc2c1/C=C(\C#N)C(=O)Cc1sc(C(=O)OCC)c(C)c1C#N. The van der Waals surface area contributed by atoms with E-state index in [9.17, 15) is 20.1 Å². The topological polar surface area (TPSA) is 100 Å². The highest BCUT2D eigenvalue weighted by molar-refractivity contribution is 7.14. The number of carbonyl (C=O) groups excluding carboxylic acids is 2. The summed E-state index contributed by atoms with van der Waals surface area (Å²) in [4.78, 5) is 26.2. The quantitative estimate of drug-likeness (QED) is 0.147. The standard InChI is InChI=1S/C28H26N2O4S/c1-4-6-13-34-25-12-11-19-9-7-8-10-21(19)22(25)14-20(16-29)24(31)15-26-23(17-30)18(3)27(35-26)28(32)33-5-2/h7-12,14H,4-6,13,15H2,1-3H3/b20-14+. The molecule has 0 spiro atoms. The first-order valence-electron chi connectivity index (χ1n) is 11.4. The Bertz CT molecular complexity index is 1370. The molecule has 1 heterocycles. The number of Topliss-reactive ketones (excluding diaryl/α,β-unsaturated/α-hetero) is 1. The Morgan fingerprint density at radius 3 is 2.57 bits per heavy atom. The number of hydrogen-bond donors (Lipinski definition) is 0. The van der Waals surface area contributed by atoms with Crippen molar-refractivity contribution in [2.24, 2.45) is 0 Å². The summed E-state index contributed by atoms with van der Waals surface area (Å²) in [6, 6.07) is 15.6. The zero-order valence-electron chi connectivity index (χ0n) is 20.0. The zero-order chi connectivity index (χ0) is 25.4. The molecule has 0 saturated carbocycles. The number of rotatable bonds is 10. The third kappa shape index (κ3) is 5.77. The number of carbonyl (C=O) groups is 2. The van der Waals surface area contributed by atoms with E-state index in [0.717, 1.165) is 35.0 Å². The first kappa shape index (κ1) is 25.7. The van der Waals surface area contributed by atoms with Crippen LogP contribution in [0, 0.1) is 29.6 Å². The van der Waals surface area contributed by atoms with Crippen molar-refractivity contribution in [2.75, 3.05) is 13.2 Å². The monoisotopic (exact) mass is 486 g/mol. The first-order valence-corrected chi connectivity index (χ1v) is 12.3. The summed E-state index contributed by atoms with van der Waals surface area (Å²) in [5.41, 5.74) is 1.38. The molecule has 0 atom stereocenters. The molecule has 1 aromatic heterocycles. The minimum absolute atomic E-state index is 0.0469. The van der Waals surface area contributed by atoms with Gasteiger partial charge in [-0.25, -0.2) is 4.79 Å². The van der Waals surface area contributed by atoms with Crippen LogP contribution in [-0.4, -0.2) is 25.0 Å². The number of ether oxygens (including phenoxy) is 2. The second-order valence-electron chi connectivity index (χ2n) is 7.86. The van der Waals surface area contributed by atoms with Gasteiger partial charge in [0.1, 0.15) is 22.8 Å². The van der Waals surface area contributed by atoms with Gasteiger partial charge in [0.15, 0.2) is 5.78 Å². The van der Waals surface area contributed by atoms with Gasteiger partial charge in [-0.2, -0.15) is 10.5 Å². The van der Waals surface area contributed by atoms with Crippen LogP contribution in [0.3, 0.4) is 0 Å². The number of nitriles is 2. The lowest BCUT2D eigenvalue weighted by molar-refractivity contribution is -0.114. The highest BCUT2D eigenvalue weighted by Gasteiger charge is 2.23. The summed E-state index contributed by atoms with van der Waals surface area (Å²) >= 11 is 1.06. The van der Waals surface area contributed by atoms with E-state index in [-0.39, 0.29) is 24.2 Å². The molecule has 7 heteroatoms. The number of hydrogen-bond acceptors (Lipinski definition) is 7. The number of allylic oxidation sites excluding steroid dienone is 1. The fourth-order valence-electron chi connectivity index (χ4n) is 3.67. The van der Waals surface area contributed by atoms with Crippen molar-refractivity contribution in [1.82, 2.24) is 0 Å². The molecule has 0 unspecified atom stereocenters. The lowest BCUT2D eigenvalue weighted by atomic mass is 9.98. The van der Waals surface area contributed by atoms with Gasteiger partial charge in [-0.1, -0.05) is 43.7 Å². The van der Waals surface area contributed by atoms with Gasteiger partial charge in [-0.05, 0) is 48.7 Å². The molecule has 0 bridgehead atoms. The summed E-state index contributed by atoms with van der Waals surface area (Å²) in [6.07, 6.45) is 3.27. The van der Waals surface area contributed by atoms with E-state index in [4.69, 9.17) is 9.47 Å². The largest absolute Gasteiger partial charge is 0.493 e. The van der Waals surface area contributed by atoms with Gasteiger partial charge in [0.05, 0.1) is 24.4 Å². The highest BCUT2D eigenvalue weighted by Crippen LogP contribution is 2.32. The summed E-state index contributed by atoms with van der Waals surface area (Å²) in [7, 11) is 0. The van der Waals surface area contributed by atoms with E-state index < -0.39 is 11.8 Å². The van der Waals surface area contributed by atoms with Gasteiger partial charge in [0.25, 0.3) is 0 Å². The van der Waals surface area contributed by atoms with Crippen LogP contribution in [0.1, 0.15) is 57.9 Å². The minimum Gasteiger partial charge on any atom is -0.493 e. The van der Waals surface area contributed by atoms with Gasteiger partial charge < -0.3 is 9.47 Å². The fourth-order valence-corrected chi connectivity index (χ4v) is 4.82. The van der Waals surface area contributed by atoms with E-state index in [1.165, 1.54) is 0 Å². The number of thiophene rings is 1. The number of ketones is 1. The third-order valence-corrected chi connectivity index (χ3v) is 6.78. The second kappa shape index (κ2) is 12.0. The van der Waals surface area contributed by atoms with Gasteiger partial charge in [-0.3, -0.25) is 4.79 Å². The summed E-state index contributed by atoms with van der Waals surface area (Å²) in [6.45, 7) is 6.18. The van der Waals surface area contributed by atoms with Crippen LogP contribution in [0.4, 0.5) is 0 Å². The molecule has 35 heavy (non-hydrogen) atoms. The summed E-state index contributed by atoms with van der Waals surface area (Å²) < 4.78 is 11.0. The molecule has 0 amide bonds. The number of unbranched alkanes of at least 4 members (excludes halogenated alkanes) is 1. The zero-order valence-corrected chi connectivity index (χ0v) is 20.8. The number of nitrogens with zero attached hydrogens (tertiary/aromatic N) is 2. The van der Waals surface area contributed by atoms with Crippen molar-refractivity contribution >= 4 is 39.9 Å². The van der Waals surface area contributed by atoms with Gasteiger partial charge in [0.2, 0.25) is 0 Å². The maximum atomic E-state index is 13.2. The van der Waals surface area contributed by atoms with Crippen LogP contribution in [0.2, 0.25) is 0 Å². The third-order valence-electron chi connectivity index (χ3n) is 5.51. The normalized spacial score (nSPS) is 11.1. The molecular weight excluding hydrogens is 460 g/mol. The average Bonchev–Trinajstić information content (AvgIpc) is 3.17. The number of benzene rings is 2. The molecule has 3 aromatic rings. The van der Waals surface area contributed by atoms with Gasteiger partial charge in [0, 0.05) is 16.9 Å². The van der Waals surface area contributed by atoms with E-state index >= 15 is 0 Å². The molecule has 0 fully saturated rings. The van der Waals surface area contributed by atoms with Gasteiger partial charge in [-0.15, -0.1) is 11.3 Å². The van der Waals surface area contributed by atoms with Crippen molar-refractivity contribution < 1.29 is 19.1 Å². The van der Waals surface area contributed by atoms with Crippen molar-refractivity contribution in [1.29, 1.82) is 10.5 Å². The van der Waals surface area contributed by atoms with Crippen LogP contribution >= 0.6 is 11.3 Å². The smallest absolute Gasteiger partial charge is 0.348 e. The number of esters is 1. The van der Waals surface area contributed by atoms with Crippen LogP contribution in [0.15, 0.2) is 42.0 Å². The Morgan fingerprint density at radius 1 is 1.11 bits per heavy atom. The van der Waals surface area contributed by atoms with Crippen molar-refractivity contribution in [3.8, 4) is 17.9 Å². The Morgan fingerprint density at radius 2 is 1.89 bits per heavy atom. The predicted octanol–water partition coefficient (Wildman–Crippen LogP) is 6.16. The molecule has 0 N–H and O–H groups in total. The predicted molar refractivity (Wildman–Crippen MR) is 136 cm³/mol. The van der Waals surface area contributed by atoms with Gasteiger partial charge >= 0.3 is 5.97 Å². The molecule has 178 valence electrons. The van der Waals surface area contributed by atoms with Crippen LogP contribution in [0.5, 0.6) is 5.75 Å². The lowest BCUT2D eigenvalue weighted by Crippen LogP contribution is -2.06. The Hall–Kier alpha value is -3.94. The van der Waals surface area contributed by atoms with Crippen LogP contribution < -0.4 is 4.74 Å². The molecule has 0 radical (unpaired) electrons. The van der Waals surface area contributed by atoms with E-state index in [1.54, 1.807) is 19.9 Å². The first-order chi connectivity index (χ1) is 16.9. The van der Waals surface area contributed by atoms with Crippen LogP contribution in [-0.2, 0) is 16.0 Å². The molecule has 0 saturated heterocycles. The molecule has 0 aliphatic heterocycles. The molecule has 0 aliphatic rings. The second-order valence-corrected chi connectivity index (χ2v) is 8.96. The number of fused-ring (bicyclic) bond motifs is 1. The van der Waals surface area contributed by atoms with E-state index in [2.05, 4.69) is 13.0 Å². The minimum atomic E-state index is -0.522. The molecular formula is C28H26N2O4S. The highest BCUT2D eigenvalue weighted by atomic mass is 32.1. The molecule has 2 aromatic carbocycles. The van der Waals surface area contributed by atoms with E-state index in [1.807, 2.05) is 42.5 Å². The fraction of sp³-hybridized carbons (Fsp3) is 0.286. The lowest BCUT2D eigenvalue weighted by Gasteiger charge is -2.12. The molecule has 3 rings (SSSR count). The Balaban J connectivity index is 2.01. The van der Waals surface area contributed by atoms with E-state index in [0.29, 0.717) is 33.2 Å². The van der Waals surface area contributed by atoms with Crippen molar-refractivity contribution in [3.05, 3.63) is 68.4 Å². The van der Waals surface area contributed by atoms with Crippen LogP contribution in [0.25, 0.3) is 16.8 Å². The van der Waals surface area contributed by atoms with Crippen molar-refractivity contribution in [3.63, 3.8) is 0 Å². The maximum absolute atomic E-state index is 13.2. The average molecular weight is 487 g/mol. The van der Waals surface area contributed by atoms with Crippen molar-refractivity contribution in [2.45, 2.75) is 40.0 Å². The Labute approximate surface area is 209 Å². The molecule has 0 aliphatic carbocycles. The summed E-state index contributed by atoms with van der Waals surface area (Å²) in [5, 5.41) is 21.3. The maximum Gasteiger partial charge on any atom is 0.348 e.